The quantitative estimate of drug-likeness (QED) is 0.464. The molecule has 5 rings (SSSR count). The molecule has 0 radical (unpaired) electrons. The maximum atomic E-state index is 13.6. The van der Waals surface area contributed by atoms with E-state index in [1.807, 2.05) is 67.6 Å². The highest BCUT2D eigenvalue weighted by Gasteiger charge is 2.18. The van der Waals surface area contributed by atoms with E-state index in [4.69, 9.17) is 4.74 Å². The summed E-state index contributed by atoms with van der Waals surface area (Å²) in [6.45, 7) is 2.28. The van der Waals surface area contributed by atoms with Crippen molar-refractivity contribution in [2.24, 2.45) is 0 Å². The highest BCUT2D eigenvalue weighted by atomic mass is 16.5. The van der Waals surface area contributed by atoms with Crippen molar-refractivity contribution in [3.8, 4) is 17.0 Å². The molecule has 0 amide bonds. The molecule has 2 aromatic carbocycles. The fraction of sp³-hybridized carbons (Fsp3) is 0.130. The van der Waals surface area contributed by atoms with Crippen LogP contribution in [0.3, 0.4) is 0 Å². The third kappa shape index (κ3) is 3.00. The van der Waals surface area contributed by atoms with Crippen LogP contribution < -0.4 is 10.3 Å². The number of hydrogen-bond acceptors (Lipinski definition) is 5. The van der Waals surface area contributed by atoms with Gasteiger partial charge in [-0.3, -0.25) is 4.79 Å². The van der Waals surface area contributed by atoms with E-state index in [9.17, 15) is 4.79 Å². The van der Waals surface area contributed by atoms with Crippen molar-refractivity contribution in [2.45, 2.75) is 13.5 Å². The van der Waals surface area contributed by atoms with Crippen LogP contribution in [0.4, 0.5) is 0 Å². The molecule has 0 aliphatic carbocycles. The number of benzene rings is 2. The van der Waals surface area contributed by atoms with Crippen molar-refractivity contribution in [1.82, 2.24) is 24.1 Å². The average Bonchev–Trinajstić information content (AvgIpc) is 3.14. The van der Waals surface area contributed by atoms with Gasteiger partial charge in [-0.2, -0.15) is 9.50 Å². The van der Waals surface area contributed by atoms with E-state index in [2.05, 4.69) is 15.1 Å². The van der Waals surface area contributed by atoms with Gasteiger partial charge in [0, 0.05) is 11.8 Å². The average molecular weight is 397 g/mol. The molecule has 0 N–H and O–H groups in total. The van der Waals surface area contributed by atoms with Crippen molar-refractivity contribution in [3.05, 3.63) is 88.6 Å². The summed E-state index contributed by atoms with van der Waals surface area (Å²) in [6.07, 6.45) is 1.78. The van der Waals surface area contributed by atoms with Crippen LogP contribution >= 0.6 is 0 Å². The van der Waals surface area contributed by atoms with Crippen molar-refractivity contribution in [3.63, 3.8) is 0 Å². The highest BCUT2D eigenvalue weighted by Crippen LogP contribution is 2.28. The molecule has 0 aliphatic heterocycles. The maximum absolute atomic E-state index is 13.6. The fourth-order valence-electron chi connectivity index (χ4n) is 3.66. The number of methoxy groups -OCH3 is 1. The first kappa shape index (κ1) is 18.1. The summed E-state index contributed by atoms with van der Waals surface area (Å²) >= 11 is 0. The highest BCUT2D eigenvalue weighted by molar-refractivity contribution is 5.93. The smallest absolute Gasteiger partial charge is 0.262 e. The molecule has 0 unspecified atom stereocenters. The Hall–Kier alpha value is -4.00. The van der Waals surface area contributed by atoms with E-state index in [-0.39, 0.29) is 5.56 Å². The van der Waals surface area contributed by atoms with Crippen LogP contribution in [0.25, 0.3) is 27.9 Å². The van der Waals surface area contributed by atoms with Gasteiger partial charge < -0.3 is 9.30 Å². The van der Waals surface area contributed by atoms with Crippen LogP contribution in [0.5, 0.6) is 5.75 Å². The molecule has 30 heavy (non-hydrogen) atoms. The van der Waals surface area contributed by atoms with E-state index in [1.54, 1.807) is 22.4 Å². The fourth-order valence-corrected chi connectivity index (χ4v) is 3.66. The number of pyridine rings is 1. The van der Waals surface area contributed by atoms with Crippen LogP contribution in [0, 0.1) is 6.92 Å². The molecule has 0 saturated heterocycles. The van der Waals surface area contributed by atoms with Gasteiger partial charge in [-0.15, -0.1) is 5.10 Å². The normalized spacial score (nSPS) is 11.3. The Balaban J connectivity index is 1.83. The van der Waals surface area contributed by atoms with Crippen molar-refractivity contribution < 1.29 is 4.74 Å². The summed E-state index contributed by atoms with van der Waals surface area (Å²) in [5.41, 5.74) is 2.97. The van der Waals surface area contributed by atoms with Gasteiger partial charge in [-0.05, 0) is 30.7 Å². The number of nitrogens with zero attached hydrogens (tertiary/aromatic N) is 5. The molecule has 0 spiro atoms. The molecule has 0 fully saturated rings. The monoisotopic (exact) mass is 397 g/mol. The van der Waals surface area contributed by atoms with Crippen LogP contribution in [0.1, 0.15) is 11.4 Å². The van der Waals surface area contributed by atoms with Crippen LogP contribution in [-0.2, 0) is 6.54 Å². The molecule has 148 valence electrons. The number of ether oxygens (including phenoxy) is 1. The topological polar surface area (TPSA) is 74.3 Å². The molecule has 3 heterocycles. The second kappa shape index (κ2) is 7.11. The Morgan fingerprint density at radius 1 is 1.00 bits per heavy atom. The SMILES string of the molecule is COc1cccc(-c2c3c(=O)n(Cc4ccccc4)ccc3nc3nc(C)nn23)c1. The van der Waals surface area contributed by atoms with Gasteiger partial charge in [0.05, 0.1) is 30.3 Å². The largest absolute Gasteiger partial charge is 0.497 e. The lowest BCUT2D eigenvalue weighted by atomic mass is 10.1. The van der Waals surface area contributed by atoms with E-state index in [0.29, 0.717) is 40.5 Å². The minimum atomic E-state index is -0.128. The summed E-state index contributed by atoms with van der Waals surface area (Å²) in [6, 6.07) is 19.3. The molecular formula is C23H19N5O2. The van der Waals surface area contributed by atoms with Crippen molar-refractivity contribution in [2.75, 3.05) is 7.11 Å². The van der Waals surface area contributed by atoms with Gasteiger partial charge in [-0.25, -0.2) is 4.98 Å². The number of rotatable bonds is 4. The molecule has 3 aromatic heterocycles. The summed E-state index contributed by atoms with van der Waals surface area (Å²) < 4.78 is 8.73. The van der Waals surface area contributed by atoms with Gasteiger partial charge in [0.25, 0.3) is 11.3 Å². The number of aromatic nitrogens is 5. The van der Waals surface area contributed by atoms with E-state index >= 15 is 0 Å². The molecule has 0 bridgehead atoms. The molecule has 5 aromatic rings. The molecular weight excluding hydrogens is 378 g/mol. The van der Waals surface area contributed by atoms with E-state index < -0.39 is 0 Å². The van der Waals surface area contributed by atoms with Crippen molar-refractivity contribution >= 4 is 16.7 Å². The van der Waals surface area contributed by atoms with Crippen molar-refractivity contribution in [1.29, 1.82) is 0 Å². The van der Waals surface area contributed by atoms with Gasteiger partial charge in [-0.1, -0.05) is 42.5 Å². The third-order valence-electron chi connectivity index (χ3n) is 5.05. The lowest BCUT2D eigenvalue weighted by molar-refractivity contribution is 0.415. The van der Waals surface area contributed by atoms with Gasteiger partial charge in [0.1, 0.15) is 11.6 Å². The zero-order chi connectivity index (χ0) is 20.7. The molecule has 0 saturated carbocycles. The summed E-state index contributed by atoms with van der Waals surface area (Å²) in [7, 11) is 1.62. The predicted molar refractivity (Wildman–Crippen MR) is 115 cm³/mol. The van der Waals surface area contributed by atoms with E-state index in [1.165, 1.54) is 0 Å². The zero-order valence-electron chi connectivity index (χ0n) is 16.6. The molecule has 0 aliphatic rings. The summed E-state index contributed by atoms with van der Waals surface area (Å²) in [5.74, 6) is 1.74. The zero-order valence-corrected chi connectivity index (χ0v) is 16.6. The summed E-state index contributed by atoms with van der Waals surface area (Å²) in [5, 5.41) is 5.00. The Kier molecular flexibility index (Phi) is 4.28. The van der Waals surface area contributed by atoms with Gasteiger partial charge in [0.15, 0.2) is 0 Å². The lowest BCUT2D eigenvalue weighted by Crippen LogP contribution is -2.22. The van der Waals surface area contributed by atoms with Gasteiger partial charge in [0.2, 0.25) is 0 Å². The molecule has 7 heteroatoms. The first-order valence-corrected chi connectivity index (χ1v) is 9.59. The minimum absolute atomic E-state index is 0.128. The van der Waals surface area contributed by atoms with Crippen LogP contribution in [-0.4, -0.2) is 31.3 Å². The third-order valence-corrected chi connectivity index (χ3v) is 5.05. The Morgan fingerprint density at radius 3 is 2.63 bits per heavy atom. The predicted octanol–water partition coefficient (Wildman–Crippen LogP) is 3.47. The second-order valence-electron chi connectivity index (χ2n) is 7.06. The Bertz CT molecular complexity index is 1440. The Morgan fingerprint density at radius 2 is 1.83 bits per heavy atom. The minimum Gasteiger partial charge on any atom is -0.497 e. The standard InChI is InChI=1S/C23H19N5O2/c1-15-24-23-25-19-11-12-27(14-16-7-4-3-5-8-16)22(29)20(19)21(28(23)26-15)17-9-6-10-18(13-17)30-2/h3-13H,14H2,1-2H3. The molecule has 0 atom stereocenters. The van der Waals surface area contributed by atoms with Crippen LogP contribution in [0.2, 0.25) is 0 Å². The van der Waals surface area contributed by atoms with E-state index in [0.717, 1.165) is 11.1 Å². The second-order valence-corrected chi connectivity index (χ2v) is 7.06. The van der Waals surface area contributed by atoms with Crippen LogP contribution in [0.15, 0.2) is 71.7 Å². The molecule has 7 nitrogen and oxygen atoms in total. The number of hydrogen-bond donors (Lipinski definition) is 0. The number of aryl methyl sites for hydroxylation is 1. The first-order valence-electron chi connectivity index (χ1n) is 9.59. The van der Waals surface area contributed by atoms with Gasteiger partial charge >= 0.3 is 0 Å². The summed E-state index contributed by atoms with van der Waals surface area (Å²) in [4.78, 5) is 22.6. The first-order chi connectivity index (χ1) is 14.6. The Labute approximate surface area is 172 Å². The maximum Gasteiger partial charge on any atom is 0.262 e. The number of fused-ring (bicyclic) bond motifs is 2. The lowest BCUT2D eigenvalue weighted by Gasteiger charge is -2.12.